The fourth-order valence-electron chi connectivity index (χ4n) is 3.11. The minimum absolute atomic E-state index is 0.156. The Labute approximate surface area is 102 Å². The van der Waals surface area contributed by atoms with E-state index in [1.54, 1.807) is 0 Å². The summed E-state index contributed by atoms with van der Waals surface area (Å²) < 4.78 is 0. The first-order valence-electron chi connectivity index (χ1n) is 6.32. The smallest absolute Gasteiger partial charge is 0.254 e. The Morgan fingerprint density at radius 3 is 2.82 bits per heavy atom. The fourth-order valence-corrected chi connectivity index (χ4v) is 3.11. The van der Waals surface area contributed by atoms with Crippen LogP contribution in [0, 0.1) is 12.8 Å². The van der Waals surface area contributed by atoms with Crippen molar-refractivity contribution >= 4 is 11.6 Å². The second kappa shape index (κ2) is 3.76. The molecule has 0 spiro atoms. The summed E-state index contributed by atoms with van der Waals surface area (Å²) in [6.45, 7) is 2.90. The van der Waals surface area contributed by atoms with E-state index in [2.05, 4.69) is 0 Å². The van der Waals surface area contributed by atoms with Gasteiger partial charge in [0.15, 0.2) is 0 Å². The first kappa shape index (κ1) is 10.6. The maximum atomic E-state index is 12.4. The molecule has 1 aliphatic heterocycles. The minimum atomic E-state index is 0.156. The van der Waals surface area contributed by atoms with Gasteiger partial charge in [-0.05, 0) is 49.8 Å². The number of anilines is 1. The van der Waals surface area contributed by atoms with E-state index >= 15 is 0 Å². The van der Waals surface area contributed by atoms with E-state index in [0.717, 1.165) is 23.6 Å². The van der Waals surface area contributed by atoms with E-state index in [1.807, 2.05) is 30.0 Å². The number of piperidine rings is 1. The highest BCUT2D eigenvalue weighted by Crippen LogP contribution is 2.38. The summed E-state index contributed by atoms with van der Waals surface area (Å²) in [4.78, 5) is 14.4. The van der Waals surface area contributed by atoms with Gasteiger partial charge in [0.1, 0.15) is 0 Å². The molecular formula is C14H18N2O. The van der Waals surface area contributed by atoms with Gasteiger partial charge in [-0.15, -0.1) is 0 Å². The Kier molecular flexibility index (Phi) is 2.35. The average molecular weight is 230 g/mol. The summed E-state index contributed by atoms with van der Waals surface area (Å²) >= 11 is 0. The van der Waals surface area contributed by atoms with Gasteiger partial charge in [0, 0.05) is 23.8 Å². The number of benzene rings is 1. The molecule has 0 aromatic heterocycles. The number of amides is 1. The molecule has 0 radical (unpaired) electrons. The predicted octanol–water partition coefficient (Wildman–Crippen LogP) is 2.20. The number of hydrogen-bond donors (Lipinski definition) is 1. The van der Waals surface area contributed by atoms with Crippen molar-refractivity contribution in [3.05, 3.63) is 29.3 Å². The molecule has 2 bridgehead atoms. The predicted molar refractivity (Wildman–Crippen MR) is 67.8 cm³/mol. The highest BCUT2D eigenvalue weighted by Gasteiger charge is 2.40. The number of nitrogens with zero attached hydrogens (tertiary/aromatic N) is 1. The molecule has 1 aromatic carbocycles. The van der Waals surface area contributed by atoms with E-state index in [1.165, 1.54) is 19.3 Å². The van der Waals surface area contributed by atoms with E-state index in [9.17, 15) is 4.79 Å². The normalized spacial score (nSPS) is 26.5. The molecule has 2 N–H and O–H groups in total. The van der Waals surface area contributed by atoms with Crippen LogP contribution >= 0.6 is 0 Å². The maximum absolute atomic E-state index is 12.4. The molecule has 2 aliphatic rings. The molecule has 3 nitrogen and oxygen atoms in total. The molecule has 1 saturated carbocycles. The van der Waals surface area contributed by atoms with Crippen molar-refractivity contribution in [1.82, 2.24) is 4.90 Å². The molecule has 1 aliphatic carbocycles. The maximum Gasteiger partial charge on any atom is 0.254 e. The SMILES string of the molecule is Cc1ccc(C(=O)N2CC3CCC2C3)cc1N. The third kappa shape index (κ3) is 1.70. The third-order valence-corrected chi connectivity index (χ3v) is 4.20. The van der Waals surface area contributed by atoms with Crippen LogP contribution in [0.15, 0.2) is 18.2 Å². The summed E-state index contributed by atoms with van der Waals surface area (Å²) in [5.74, 6) is 0.899. The lowest BCUT2D eigenvalue weighted by Crippen LogP contribution is -2.37. The summed E-state index contributed by atoms with van der Waals surface area (Å²) in [6.07, 6.45) is 3.68. The van der Waals surface area contributed by atoms with Crippen molar-refractivity contribution in [2.45, 2.75) is 32.2 Å². The molecule has 1 heterocycles. The van der Waals surface area contributed by atoms with Gasteiger partial charge in [0.05, 0.1) is 0 Å². The quantitative estimate of drug-likeness (QED) is 0.752. The first-order valence-corrected chi connectivity index (χ1v) is 6.32. The number of likely N-dealkylation sites (tertiary alicyclic amines) is 1. The van der Waals surface area contributed by atoms with Crippen molar-refractivity contribution in [1.29, 1.82) is 0 Å². The Hall–Kier alpha value is -1.51. The van der Waals surface area contributed by atoms with Gasteiger partial charge in [-0.2, -0.15) is 0 Å². The average Bonchev–Trinajstić information content (AvgIpc) is 2.93. The van der Waals surface area contributed by atoms with Crippen LogP contribution in [0.3, 0.4) is 0 Å². The first-order chi connectivity index (χ1) is 8.15. The molecular weight excluding hydrogens is 212 g/mol. The Morgan fingerprint density at radius 2 is 2.24 bits per heavy atom. The van der Waals surface area contributed by atoms with Crippen LogP contribution < -0.4 is 5.73 Å². The molecule has 2 unspecified atom stereocenters. The number of hydrogen-bond acceptors (Lipinski definition) is 2. The number of nitrogens with two attached hydrogens (primary N) is 1. The summed E-state index contributed by atoms with van der Waals surface area (Å²) in [7, 11) is 0. The van der Waals surface area contributed by atoms with Gasteiger partial charge in [-0.1, -0.05) is 6.07 Å². The lowest BCUT2D eigenvalue weighted by atomic mass is 10.1. The number of nitrogen functional groups attached to an aromatic ring is 1. The van der Waals surface area contributed by atoms with Gasteiger partial charge >= 0.3 is 0 Å². The number of fused-ring (bicyclic) bond motifs is 2. The number of rotatable bonds is 1. The zero-order valence-electron chi connectivity index (χ0n) is 10.1. The van der Waals surface area contributed by atoms with E-state index in [4.69, 9.17) is 5.73 Å². The van der Waals surface area contributed by atoms with E-state index in [-0.39, 0.29) is 5.91 Å². The zero-order valence-corrected chi connectivity index (χ0v) is 10.1. The van der Waals surface area contributed by atoms with Crippen molar-refractivity contribution in [3.63, 3.8) is 0 Å². The molecule has 17 heavy (non-hydrogen) atoms. The molecule has 2 atom stereocenters. The van der Waals surface area contributed by atoms with Gasteiger partial charge in [0.25, 0.3) is 5.91 Å². The fraction of sp³-hybridized carbons (Fsp3) is 0.500. The largest absolute Gasteiger partial charge is 0.398 e. The van der Waals surface area contributed by atoms with Crippen LogP contribution in [0.1, 0.15) is 35.2 Å². The summed E-state index contributed by atoms with van der Waals surface area (Å²) in [5.41, 5.74) is 8.34. The van der Waals surface area contributed by atoms with Crippen LogP contribution in [0.25, 0.3) is 0 Å². The van der Waals surface area contributed by atoms with Crippen LogP contribution in [-0.4, -0.2) is 23.4 Å². The third-order valence-electron chi connectivity index (χ3n) is 4.20. The number of carbonyl (C=O) groups excluding carboxylic acids is 1. The van der Waals surface area contributed by atoms with E-state index in [0.29, 0.717) is 11.7 Å². The molecule has 1 saturated heterocycles. The molecule has 3 rings (SSSR count). The van der Waals surface area contributed by atoms with Crippen molar-refractivity contribution in [2.24, 2.45) is 5.92 Å². The van der Waals surface area contributed by atoms with Crippen LogP contribution in [-0.2, 0) is 0 Å². The van der Waals surface area contributed by atoms with Crippen LogP contribution in [0.4, 0.5) is 5.69 Å². The van der Waals surface area contributed by atoms with Crippen LogP contribution in [0.2, 0.25) is 0 Å². The summed E-state index contributed by atoms with van der Waals surface area (Å²) in [5, 5.41) is 0. The van der Waals surface area contributed by atoms with Gasteiger partial charge in [-0.25, -0.2) is 0 Å². The van der Waals surface area contributed by atoms with Crippen molar-refractivity contribution < 1.29 is 4.79 Å². The van der Waals surface area contributed by atoms with Gasteiger partial charge < -0.3 is 10.6 Å². The molecule has 1 amide bonds. The molecule has 90 valence electrons. The molecule has 2 fully saturated rings. The van der Waals surface area contributed by atoms with Gasteiger partial charge in [0.2, 0.25) is 0 Å². The topological polar surface area (TPSA) is 46.3 Å². The summed E-state index contributed by atoms with van der Waals surface area (Å²) in [6, 6.07) is 6.11. The second-order valence-corrected chi connectivity index (χ2v) is 5.36. The zero-order chi connectivity index (χ0) is 12.0. The lowest BCUT2D eigenvalue weighted by Gasteiger charge is -2.27. The Morgan fingerprint density at radius 1 is 1.41 bits per heavy atom. The number of aryl methyl sites for hydroxylation is 1. The van der Waals surface area contributed by atoms with Crippen molar-refractivity contribution in [3.8, 4) is 0 Å². The van der Waals surface area contributed by atoms with Gasteiger partial charge in [-0.3, -0.25) is 4.79 Å². The Bertz CT molecular complexity index is 469. The van der Waals surface area contributed by atoms with Crippen molar-refractivity contribution in [2.75, 3.05) is 12.3 Å². The minimum Gasteiger partial charge on any atom is -0.398 e. The van der Waals surface area contributed by atoms with E-state index < -0.39 is 0 Å². The monoisotopic (exact) mass is 230 g/mol. The second-order valence-electron chi connectivity index (χ2n) is 5.36. The number of carbonyl (C=O) groups is 1. The molecule has 3 heteroatoms. The lowest BCUT2D eigenvalue weighted by molar-refractivity contribution is 0.0703. The van der Waals surface area contributed by atoms with Crippen LogP contribution in [0.5, 0.6) is 0 Å². The standard InChI is InChI=1S/C14H18N2O/c1-9-2-4-11(7-13(9)15)14(17)16-8-10-3-5-12(16)6-10/h2,4,7,10,12H,3,5-6,8,15H2,1H3. The highest BCUT2D eigenvalue weighted by atomic mass is 16.2. The molecule has 1 aromatic rings. The highest BCUT2D eigenvalue weighted by molar-refractivity contribution is 5.95. The Balaban J connectivity index is 1.84.